The molecule has 7 aromatic rings. The van der Waals surface area contributed by atoms with Crippen LogP contribution in [-0.2, 0) is 19.3 Å². The Morgan fingerprint density at radius 3 is 1.65 bits per heavy atom. The summed E-state index contributed by atoms with van der Waals surface area (Å²) in [5, 5.41) is 10.3. The molecule has 1 aromatic heterocycles. The van der Waals surface area contributed by atoms with Gasteiger partial charge in [-0.3, -0.25) is 4.79 Å². The molecule has 0 amide bonds. The third kappa shape index (κ3) is 6.32. The zero-order valence-electron chi connectivity index (χ0n) is 29.8. The Labute approximate surface area is 311 Å². The second-order valence-corrected chi connectivity index (χ2v) is 13.1. The minimum Gasteiger partial charge on any atom is -0.318 e. The van der Waals surface area contributed by atoms with Crippen LogP contribution in [0.15, 0.2) is 156 Å². The molecular formula is C45H34N4O5. The van der Waals surface area contributed by atoms with Crippen molar-refractivity contribution in [1.82, 2.24) is 4.57 Å². The molecule has 9 heteroatoms. The van der Waals surface area contributed by atoms with E-state index in [-0.39, 0.29) is 11.8 Å². The fourth-order valence-electron chi connectivity index (χ4n) is 6.82. The molecule has 54 heavy (non-hydrogen) atoms. The lowest BCUT2D eigenvalue weighted by Gasteiger charge is -2.26. The largest absolute Gasteiger partial charge is 0.343 e. The van der Waals surface area contributed by atoms with Gasteiger partial charge >= 0.3 is 11.9 Å². The summed E-state index contributed by atoms with van der Waals surface area (Å²) in [5.74, 6) is -1.41. The normalized spacial score (nSPS) is 14.2. The van der Waals surface area contributed by atoms with Crippen molar-refractivity contribution in [1.29, 1.82) is 0 Å². The van der Waals surface area contributed by atoms with E-state index < -0.39 is 11.9 Å². The fourth-order valence-corrected chi connectivity index (χ4v) is 6.82. The predicted octanol–water partition coefficient (Wildman–Crippen LogP) is 9.67. The zero-order valence-corrected chi connectivity index (χ0v) is 29.8. The molecule has 1 aliphatic heterocycles. The number of anilines is 3. The molecule has 8 rings (SSSR count). The van der Waals surface area contributed by atoms with Crippen LogP contribution in [0.1, 0.15) is 47.8 Å². The number of benzene rings is 6. The van der Waals surface area contributed by atoms with Crippen LogP contribution in [0, 0.1) is 5.92 Å². The minimum atomic E-state index is -0.493. The third-order valence-corrected chi connectivity index (χ3v) is 9.63. The first-order valence-electron chi connectivity index (χ1n) is 17.5. The van der Waals surface area contributed by atoms with E-state index in [0.717, 1.165) is 44.9 Å². The van der Waals surface area contributed by atoms with E-state index in [1.54, 1.807) is 13.8 Å². The summed E-state index contributed by atoms with van der Waals surface area (Å²) in [7, 11) is 0. The highest BCUT2D eigenvalue weighted by molar-refractivity contribution is 6.14. The van der Waals surface area contributed by atoms with Gasteiger partial charge in [-0.25, -0.2) is 9.59 Å². The molecule has 0 saturated carbocycles. The Hall–Kier alpha value is -7.13. The number of fused-ring (bicyclic) bond motifs is 3. The van der Waals surface area contributed by atoms with Crippen molar-refractivity contribution >= 4 is 68.0 Å². The van der Waals surface area contributed by atoms with Crippen molar-refractivity contribution in [3.63, 3.8) is 0 Å². The molecular weight excluding hydrogens is 677 g/mol. The molecule has 0 fully saturated rings. The van der Waals surface area contributed by atoms with Crippen molar-refractivity contribution < 1.29 is 24.1 Å². The molecule has 9 nitrogen and oxygen atoms in total. The summed E-state index contributed by atoms with van der Waals surface area (Å²) in [4.78, 5) is 48.8. The third-order valence-electron chi connectivity index (χ3n) is 9.63. The first kappa shape index (κ1) is 34.0. The number of hydrogen-bond acceptors (Lipinski definition) is 8. The van der Waals surface area contributed by atoms with Crippen molar-refractivity contribution in [2.75, 3.05) is 4.90 Å². The fraction of sp³-hybridized carbons (Fsp3) is 0.0889. The van der Waals surface area contributed by atoms with Crippen LogP contribution in [0.25, 0.3) is 27.5 Å². The van der Waals surface area contributed by atoms with Crippen LogP contribution in [0.4, 0.5) is 17.1 Å². The second-order valence-electron chi connectivity index (χ2n) is 13.1. The van der Waals surface area contributed by atoms with Gasteiger partial charge in [0.1, 0.15) is 11.6 Å². The summed E-state index contributed by atoms with van der Waals surface area (Å²) in [6.45, 7) is 4.84. The number of rotatable bonds is 9. The summed E-state index contributed by atoms with van der Waals surface area (Å²) in [6.07, 6.45) is 0. The molecule has 0 aliphatic carbocycles. The molecule has 264 valence electrons. The first-order valence-corrected chi connectivity index (χ1v) is 17.5. The Morgan fingerprint density at radius 1 is 0.667 bits per heavy atom. The van der Waals surface area contributed by atoms with Gasteiger partial charge in [-0.05, 0) is 104 Å². The van der Waals surface area contributed by atoms with Crippen molar-refractivity contribution in [3.05, 3.63) is 168 Å². The van der Waals surface area contributed by atoms with E-state index in [0.29, 0.717) is 22.6 Å². The van der Waals surface area contributed by atoms with Crippen molar-refractivity contribution in [2.45, 2.75) is 20.8 Å². The average molecular weight is 711 g/mol. The molecule has 0 spiro atoms. The Kier molecular flexibility index (Phi) is 8.89. The number of ketones is 1. The van der Waals surface area contributed by atoms with Gasteiger partial charge in [-0.2, -0.15) is 0 Å². The lowest BCUT2D eigenvalue weighted by atomic mass is 9.98. The van der Waals surface area contributed by atoms with Crippen LogP contribution in [0.2, 0.25) is 0 Å². The van der Waals surface area contributed by atoms with E-state index in [4.69, 9.17) is 9.68 Å². The van der Waals surface area contributed by atoms with Gasteiger partial charge in [0.15, 0.2) is 5.78 Å². The Morgan fingerprint density at radius 2 is 1.15 bits per heavy atom. The minimum absolute atomic E-state index is 0.0821. The topological polar surface area (TPSA) is 103 Å². The maximum atomic E-state index is 13.8. The van der Waals surface area contributed by atoms with E-state index in [2.05, 4.69) is 56.2 Å². The Balaban J connectivity index is 1.09. The average Bonchev–Trinajstić information content (AvgIpc) is 3.73. The van der Waals surface area contributed by atoms with Gasteiger partial charge in [-0.1, -0.05) is 71.0 Å². The van der Waals surface area contributed by atoms with Crippen LogP contribution >= 0.6 is 0 Å². The quantitative estimate of drug-likeness (QED) is 0.0640. The standard InChI is InChI=1S/C45H34N4O5/c1-28-43(47-54-45(28)52)32-14-22-36(23-15-32)48(35-20-12-31(13-21-35)29(2)46-53-30(3)50)37-24-16-33(17-25-37)44(51)34-18-26-38(27-19-34)49-41-10-6-4-8-39(41)40-9-5-7-11-42(40)49/h4-28H,1-3H3/b46-29+. The Bertz CT molecular complexity index is 2570. The maximum Gasteiger partial charge on any atom is 0.343 e. The lowest BCUT2D eigenvalue weighted by molar-refractivity contribution is -0.143. The second kappa shape index (κ2) is 14.1. The van der Waals surface area contributed by atoms with E-state index in [1.165, 1.54) is 17.7 Å². The molecule has 0 saturated heterocycles. The van der Waals surface area contributed by atoms with Gasteiger partial charge in [0, 0.05) is 57.1 Å². The summed E-state index contributed by atoms with van der Waals surface area (Å²) < 4.78 is 2.23. The number of para-hydroxylation sites is 2. The van der Waals surface area contributed by atoms with Gasteiger partial charge in [0.25, 0.3) is 0 Å². The van der Waals surface area contributed by atoms with Gasteiger partial charge in [0.05, 0.1) is 16.7 Å². The zero-order chi connectivity index (χ0) is 37.3. The number of hydrogen-bond donors (Lipinski definition) is 0. The molecule has 6 aromatic carbocycles. The number of carbonyl (C=O) groups excluding carboxylic acids is 3. The number of aromatic nitrogens is 1. The molecule has 0 radical (unpaired) electrons. The van der Waals surface area contributed by atoms with Crippen molar-refractivity contribution in [2.24, 2.45) is 16.2 Å². The van der Waals surface area contributed by atoms with E-state index in [1.807, 2.05) is 109 Å². The number of nitrogens with zero attached hydrogens (tertiary/aromatic N) is 4. The molecule has 1 aliphatic rings. The van der Waals surface area contributed by atoms with Crippen LogP contribution in [-0.4, -0.2) is 33.7 Å². The highest BCUT2D eigenvalue weighted by Crippen LogP contribution is 2.36. The lowest BCUT2D eigenvalue weighted by Crippen LogP contribution is -2.15. The molecule has 0 N–H and O–H groups in total. The summed E-state index contributed by atoms with van der Waals surface area (Å²) in [5.41, 5.74) is 9.57. The number of oxime groups is 2. The molecule has 0 bridgehead atoms. The highest BCUT2D eigenvalue weighted by atomic mass is 16.7. The molecule has 1 unspecified atom stereocenters. The summed E-state index contributed by atoms with van der Waals surface area (Å²) >= 11 is 0. The molecule has 2 heterocycles. The SMILES string of the molecule is CC(=O)O/N=C(\C)c1ccc(N(c2ccc(C(=O)c3ccc(-n4c5ccccc5c5ccccc54)cc3)cc2)c2ccc(C3=NOC(=O)C3C)cc2)cc1. The highest BCUT2D eigenvalue weighted by Gasteiger charge is 2.29. The summed E-state index contributed by atoms with van der Waals surface area (Å²) in [6, 6.07) is 47.4. The predicted molar refractivity (Wildman–Crippen MR) is 211 cm³/mol. The van der Waals surface area contributed by atoms with Crippen LogP contribution < -0.4 is 4.90 Å². The first-order chi connectivity index (χ1) is 26.3. The molecule has 1 atom stereocenters. The van der Waals surface area contributed by atoms with Gasteiger partial charge < -0.3 is 19.1 Å². The van der Waals surface area contributed by atoms with E-state index in [9.17, 15) is 14.4 Å². The monoisotopic (exact) mass is 710 g/mol. The van der Waals surface area contributed by atoms with Gasteiger partial charge in [0.2, 0.25) is 0 Å². The number of carbonyl (C=O) groups is 3. The smallest absolute Gasteiger partial charge is 0.318 e. The van der Waals surface area contributed by atoms with Crippen molar-refractivity contribution in [3.8, 4) is 5.69 Å². The van der Waals surface area contributed by atoms with Crippen LogP contribution in [0.5, 0.6) is 0 Å². The van der Waals surface area contributed by atoms with Crippen LogP contribution in [0.3, 0.4) is 0 Å². The van der Waals surface area contributed by atoms with Gasteiger partial charge in [-0.15, -0.1) is 0 Å². The maximum absolute atomic E-state index is 13.8. The van der Waals surface area contributed by atoms with E-state index >= 15 is 0 Å².